The van der Waals surface area contributed by atoms with E-state index in [2.05, 4.69) is 5.32 Å². The number of carbonyl (C=O) groups is 2. The summed E-state index contributed by atoms with van der Waals surface area (Å²) in [5.74, 6) is -1.78. The molecule has 0 radical (unpaired) electrons. The lowest BCUT2D eigenvalue weighted by molar-refractivity contribution is -0.111. The van der Waals surface area contributed by atoms with E-state index in [1.54, 1.807) is 36.6 Å². The first-order valence-corrected chi connectivity index (χ1v) is 9.65. The number of hydrogen-bond acceptors (Lipinski definition) is 4. The van der Waals surface area contributed by atoms with Gasteiger partial charge in [-0.1, -0.05) is 24.3 Å². The highest BCUT2D eigenvalue weighted by Gasteiger charge is 2.22. The van der Waals surface area contributed by atoms with Gasteiger partial charge in [0.05, 0.1) is 6.61 Å². The van der Waals surface area contributed by atoms with Crippen LogP contribution in [0.25, 0.3) is 17.2 Å². The molecule has 1 amide bonds. The second kappa shape index (κ2) is 9.25. The molecular formula is C22H17F2NO3S. The van der Waals surface area contributed by atoms with Crippen LogP contribution in [0, 0.1) is 11.6 Å². The molecule has 0 saturated heterocycles. The number of anilines is 1. The van der Waals surface area contributed by atoms with E-state index in [0.29, 0.717) is 21.7 Å². The Morgan fingerprint density at radius 3 is 2.28 bits per heavy atom. The summed E-state index contributed by atoms with van der Waals surface area (Å²) >= 11 is 1.17. The fourth-order valence-electron chi connectivity index (χ4n) is 2.60. The van der Waals surface area contributed by atoms with Gasteiger partial charge in [-0.05, 0) is 48.4 Å². The Morgan fingerprint density at radius 1 is 1.03 bits per heavy atom. The van der Waals surface area contributed by atoms with E-state index in [9.17, 15) is 18.4 Å². The first-order valence-electron chi connectivity index (χ1n) is 8.77. The maximum Gasteiger partial charge on any atom is 0.341 e. The van der Waals surface area contributed by atoms with Gasteiger partial charge in [0.15, 0.2) is 0 Å². The SMILES string of the molecule is CCOC(=O)c1c(-c2ccc(F)cc2)csc1NC(=O)C=Cc1ccc(F)cc1. The van der Waals surface area contributed by atoms with Crippen molar-refractivity contribution in [1.82, 2.24) is 0 Å². The van der Waals surface area contributed by atoms with E-state index in [0.717, 1.165) is 0 Å². The smallest absolute Gasteiger partial charge is 0.341 e. The van der Waals surface area contributed by atoms with Gasteiger partial charge in [0, 0.05) is 17.0 Å². The van der Waals surface area contributed by atoms with E-state index in [1.807, 2.05) is 0 Å². The third-order valence-corrected chi connectivity index (χ3v) is 4.86. The zero-order valence-electron chi connectivity index (χ0n) is 15.4. The first-order chi connectivity index (χ1) is 14.0. The zero-order chi connectivity index (χ0) is 20.8. The summed E-state index contributed by atoms with van der Waals surface area (Å²) < 4.78 is 31.3. The summed E-state index contributed by atoms with van der Waals surface area (Å²) in [6.07, 6.45) is 2.83. The average Bonchev–Trinajstić information content (AvgIpc) is 3.12. The van der Waals surface area contributed by atoms with Crippen LogP contribution in [0.3, 0.4) is 0 Å². The topological polar surface area (TPSA) is 55.4 Å². The normalized spacial score (nSPS) is 10.9. The Kier molecular flexibility index (Phi) is 6.51. The molecular weight excluding hydrogens is 396 g/mol. The number of rotatable bonds is 6. The molecule has 0 spiro atoms. The molecule has 0 bridgehead atoms. The van der Waals surface area contributed by atoms with Crippen molar-refractivity contribution < 1.29 is 23.1 Å². The molecule has 1 aromatic heterocycles. The Balaban J connectivity index is 1.86. The van der Waals surface area contributed by atoms with Gasteiger partial charge in [-0.2, -0.15) is 0 Å². The van der Waals surface area contributed by atoms with Crippen molar-refractivity contribution in [3.05, 3.63) is 82.7 Å². The molecule has 2 aromatic carbocycles. The Hall–Kier alpha value is -3.32. The third kappa shape index (κ3) is 5.14. The fourth-order valence-corrected chi connectivity index (χ4v) is 3.56. The predicted octanol–water partition coefficient (Wildman–Crippen LogP) is 5.52. The molecule has 0 aliphatic rings. The van der Waals surface area contributed by atoms with E-state index in [1.165, 1.54) is 47.8 Å². The zero-order valence-corrected chi connectivity index (χ0v) is 16.3. The number of carbonyl (C=O) groups excluding carboxylic acids is 2. The Morgan fingerprint density at radius 2 is 1.66 bits per heavy atom. The fraction of sp³-hybridized carbons (Fsp3) is 0.0909. The van der Waals surface area contributed by atoms with Gasteiger partial charge >= 0.3 is 5.97 Å². The largest absolute Gasteiger partial charge is 0.462 e. The molecule has 0 aliphatic heterocycles. The molecule has 3 aromatic rings. The minimum atomic E-state index is -0.578. The number of hydrogen-bond donors (Lipinski definition) is 1. The Bertz CT molecular complexity index is 1040. The summed E-state index contributed by atoms with van der Waals surface area (Å²) in [7, 11) is 0. The summed E-state index contributed by atoms with van der Waals surface area (Å²) in [6.45, 7) is 1.86. The molecule has 4 nitrogen and oxygen atoms in total. The third-order valence-electron chi connectivity index (χ3n) is 3.96. The highest BCUT2D eigenvalue weighted by Crippen LogP contribution is 2.36. The lowest BCUT2D eigenvalue weighted by Crippen LogP contribution is -2.12. The van der Waals surface area contributed by atoms with Crippen molar-refractivity contribution in [3.8, 4) is 11.1 Å². The molecule has 1 heterocycles. The van der Waals surface area contributed by atoms with Gasteiger partial charge < -0.3 is 10.1 Å². The summed E-state index contributed by atoms with van der Waals surface area (Å²) in [4.78, 5) is 24.8. The van der Waals surface area contributed by atoms with Crippen LogP contribution >= 0.6 is 11.3 Å². The van der Waals surface area contributed by atoms with Crippen molar-refractivity contribution >= 4 is 34.3 Å². The molecule has 0 unspecified atom stereocenters. The van der Waals surface area contributed by atoms with Crippen molar-refractivity contribution in [2.75, 3.05) is 11.9 Å². The minimum absolute atomic E-state index is 0.176. The van der Waals surface area contributed by atoms with Crippen molar-refractivity contribution in [2.45, 2.75) is 6.92 Å². The molecule has 0 atom stereocenters. The van der Waals surface area contributed by atoms with Crippen molar-refractivity contribution in [3.63, 3.8) is 0 Å². The maximum absolute atomic E-state index is 13.2. The maximum atomic E-state index is 13.2. The van der Waals surface area contributed by atoms with Crippen LogP contribution in [0.4, 0.5) is 13.8 Å². The standard InChI is InChI=1S/C22H17F2NO3S/c1-2-28-22(27)20-18(15-6-10-17(24)11-7-15)13-29-21(20)25-19(26)12-5-14-3-8-16(23)9-4-14/h3-13H,2H2,1H3,(H,25,26). The van der Waals surface area contributed by atoms with Crippen LogP contribution < -0.4 is 5.32 Å². The lowest BCUT2D eigenvalue weighted by Gasteiger charge is -2.08. The van der Waals surface area contributed by atoms with Gasteiger partial charge in [-0.15, -0.1) is 11.3 Å². The molecule has 3 rings (SSSR count). The van der Waals surface area contributed by atoms with Crippen molar-refractivity contribution in [1.29, 1.82) is 0 Å². The van der Waals surface area contributed by atoms with Crippen LogP contribution in [0.1, 0.15) is 22.8 Å². The molecule has 0 aliphatic carbocycles. The molecule has 0 saturated carbocycles. The molecule has 7 heteroatoms. The number of nitrogens with one attached hydrogen (secondary N) is 1. The van der Waals surface area contributed by atoms with Crippen LogP contribution in [0.2, 0.25) is 0 Å². The number of benzene rings is 2. The van der Waals surface area contributed by atoms with E-state index < -0.39 is 11.9 Å². The number of ether oxygens (including phenoxy) is 1. The Labute approximate surface area is 170 Å². The number of amides is 1. The van der Waals surface area contributed by atoms with Crippen LogP contribution in [0.15, 0.2) is 60.0 Å². The number of thiophene rings is 1. The summed E-state index contributed by atoms with van der Waals surface area (Å²) in [6, 6.07) is 11.4. The van der Waals surface area contributed by atoms with Gasteiger partial charge in [0.2, 0.25) is 5.91 Å². The van der Waals surface area contributed by atoms with Gasteiger partial charge in [0.1, 0.15) is 22.2 Å². The van der Waals surface area contributed by atoms with Crippen LogP contribution in [0.5, 0.6) is 0 Å². The molecule has 0 fully saturated rings. The highest BCUT2D eigenvalue weighted by molar-refractivity contribution is 7.15. The minimum Gasteiger partial charge on any atom is -0.462 e. The van der Waals surface area contributed by atoms with Crippen LogP contribution in [-0.4, -0.2) is 18.5 Å². The van der Waals surface area contributed by atoms with Crippen LogP contribution in [-0.2, 0) is 9.53 Å². The summed E-state index contributed by atoms with van der Waals surface area (Å²) in [5, 5.41) is 4.71. The quantitative estimate of drug-likeness (QED) is 0.428. The van der Waals surface area contributed by atoms with E-state index in [4.69, 9.17) is 4.74 Å². The van der Waals surface area contributed by atoms with Crippen molar-refractivity contribution in [2.24, 2.45) is 0 Å². The first kappa shape index (κ1) is 20.4. The molecule has 148 valence electrons. The van der Waals surface area contributed by atoms with E-state index in [-0.39, 0.29) is 23.8 Å². The monoisotopic (exact) mass is 413 g/mol. The molecule has 29 heavy (non-hydrogen) atoms. The number of halogens is 2. The summed E-state index contributed by atoms with van der Waals surface area (Å²) in [5.41, 5.74) is 2.05. The molecule has 1 N–H and O–H groups in total. The second-order valence-corrected chi connectivity index (χ2v) is 6.83. The lowest BCUT2D eigenvalue weighted by atomic mass is 10.0. The van der Waals surface area contributed by atoms with Gasteiger partial charge in [-0.25, -0.2) is 13.6 Å². The predicted molar refractivity (Wildman–Crippen MR) is 110 cm³/mol. The van der Waals surface area contributed by atoms with Gasteiger partial charge in [-0.3, -0.25) is 4.79 Å². The second-order valence-electron chi connectivity index (χ2n) is 5.96. The van der Waals surface area contributed by atoms with Gasteiger partial charge in [0.25, 0.3) is 0 Å². The number of esters is 1. The van der Waals surface area contributed by atoms with E-state index >= 15 is 0 Å². The average molecular weight is 413 g/mol. The highest BCUT2D eigenvalue weighted by atomic mass is 32.1.